The second-order valence-electron chi connectivity index (χ2n) is 5.18. The minimum atomic E-state index is -0.967. The van der Waals surface area contributed by atoms with Crippen LogP contribution < -0.4 is 5.32 Å². The molecule has 1 fully saturated rings. The van der Waals surface area contributed by atoms with E-state index in [9.17, 15) is 4.21 Å². The smallest absolute Gasteiger partial charge is 0.122 e. The molecule has 0 radical (unpaired) electrons. The minimum absolute atomic E-state index is 0.532. The zero-order valence-electron chi connectivity index (χ0n) is 11.9. The molecule has 1 aromatic rings. The van der Waals surface area contributed by atoms with Gasteiger partial charge < -0.3 is 5.32 Å². The highest BCUT2D eigenvalue weighted by Crippen LogP contribution is 2.38. The van der Waals surface area contributed by atoms with Gasteiger partial charge in [0.25, 0.3) is 0 Å². The van der Waals surface area contributed by atoms with E-state index in [1.807, 2.05) is 18.3 Å². The topological polar surface area (TPSA) is 42.0 Å². The quantitative estimate of drug-likeness (QED) is 0.671. The van der Waals surface area contributed by atoms with Gasteiger partial charge in [-0.15, -0.1) is 0 Å². The average Bonchev–Trinajstić information content (AvgIpc) is 2.49. The fourth-order valence-corrected chi connectivity index (χ4v) is 5.09. The van der Waals surface area contributed by atoms with Gasteiger partial charge in [-0.25, -0.2) is 0 Å². The molecule has 0 aliphatic carbocycles. The molecule has 1 aliphatic heterocycles. The lowest BCUT2D eigenvalue weighted by molar-refractivity contribution is 0.569. The molecule has 2 atom stereocenters. The van der Waals surface area contributed by atoms with Crippen LogP contribution in [0, 0.1) is 0 Å². The lowest BCUT2D eigenvalue weighted by Crippen LogP contribution is -2.49. The number of pyridine rings is 1. The Morgan fingerprint density at radius 3 is 3.05 bits per heavy atom. The first-order chi connectivity index (χ1) is 9.71. The molecule has 0 aromatic carbocycles. The predicted octanol–water partition coefficient (Wildman–Crippen LogP) is 2.93. The Bertz CT molecular complexity index is 478. The van der Waals surface area contributed by atoms with Crippen LogP contribution in [0.15, 0.2) is 24.5 Å². The summed E-state index contributed by atoms with van der Waals surface area (Å²) in [4.78, 5) is 4.93. The number of nitrogens with zero attached hydrogens (tertiary/aromatic N) is 1. The van der Waals surface area contributed by atoms with Crippen LogP contribution in [-0.4, -0.2) is 26.5 Å². The second-order valence-corrected chi connectivity index (χ2v) is 7.39. The van der Waals surface area contributed by atoms with Crippen molar-refractivity contribution in [2.45, 2.75) is 43.8 Å². The first-order valence-electron chi connectivity index (χ1n) is 7.29. The number of unbranched alkanes of at least 4 members (excludes halogenated alkanes) is 1. The van der Waals surface area contributed by atoms with Crippen molar-refractivity contribution in [2.24, 2.45) is 0 Å². The molecule has 0 spiro atoms. The van der Waals surface area contributed by atoms with Crippen LogP contribution >= 0.6 is 12.2 Å². The Balaban J connectivity index is 2.29. The molecule has 5 heteroatoms. The molecule has 1 aromatic heterocycles. The van der Waals surface area contributed by atoms with Gasteiger partial charge in [0.1, 0.15) is 4.75 Å². The van der Waals surface area contributed by atoms with Gasteiger partial charge in [-0.1, -0.05) is 38.0 Å². The molecule has 1 saturated heterocycles. The summed E-state index contributed by atoms with van der Waals surface area (Å²) >= 11 is 5.63. The third-order valence-electron chi connectivity index (χ3n) is 3.81. The molecule has 1 aliphatic rings. The fraction of sp³-hybridized carbons (Fsp3) is 0.600. The van der Waals surface area contributed by atoms with Gasteiger partial charge in [0, 0.05) is 35.5 Å². The summed E-state index contributed by atoms with van der Waals surface area (Å²) in [6.07, 6.45) is 8.70. The summed E-state index contributed by atoms with van der Waals surface area (Å²) in [6.45, 7) is 3.01. The predicted molar refractivity (Wildman–Crippen MR) is 88.3 cm³/mol. The van der Waals surface area contributed by atoms with E-state index >= 15 is 0 Å². The van der Waals surface area contributed by atoms with E-state index in [1.165, 1.54) is 0 Å². The van der Waals surface area contributed by atoms with Crippen LogP contribution in [0.3, 0.4) is 0 Å². The second kappa shape index (κ2) is 7.27. The molecule has 3 nitrogen and oxygen atoms in total. The summed E-state index contributed by atoms with van der Waals surface area (Å²) in [7, 11) is -0.967. The molecule has 2 heterocycles. The van der Waals surface area contributed by atoms with Gasteiger partial charge in [0.2, 0.25) is 0 Å². The molecular formula is C15H22N2OS2. The number of hydrogen-bond acceptors (Lipinski definition) is 3. The van der Waals surface area contributed by atoms with Crippen molar-refractivity contribution in [3.8, 4) is 0 Å². The number of hydrogen-bond donors (Lipinski definition) is 1. The Morgan fingerprint density at radius 1 is 1.55 bits per heavy atom. The van der Waals surface area contributed by atoms with Crippen LogP contribution in [0.5, 0.6) is 0 Å². The number of thiocarbonyl (C=S) groups is 1. The molecule has 20 heavy (non-hydrogen) atoms. The first-order valence-corrected chi connectivity index (χ1v) is 9.02. The Kier molecular flexibility index (Phi) is 5.66. The highest BCUT2D eigenvalue weighted by molar-refractivity contribution is 7.90. The van der Waals surface area contributed by atoms with Gasteiger partial charge in [-0.3, -0.25) is 9.19 Å². The number of rotatable bonds is 5. The van der Waals surface area contributed by atoms with Gasteiger partial charge in [-0.05, 0) is 30.9 Å². The monoisotopic (exact) mass is 310 g/mol. The van der Waals surface area contributed by atoms with E-state index < -0.39 is 15.5 Å². The van der Waals surface area contributed by atoms with Crippen molar-refractivity contribution >= 4 is 28.0 Å². The lowest BCUT2D eigenvalue weighted by atomic mass is 9.92. The van der Waals surface area contributed by atoms with E-state index in [4.69, 9.17) is 12.2 Å². The summed E-state index contributed by atoms with van der Waals surface area (Å²) in [5.74, 6) is 0.727. The summed E-state index contributed by atoms with van der Waals surface area (Å²) in [5.41, 5.74) is 0.993. The molecule has 2 rings (SSSR count). The fourth-order valence-electron chi connectivity index (χ4n) is 2.64. The zero-order chi connectivity index (χ0) is 14.4. The van der Waals surface area contributed by atoms with Crippen LogP contribution in [0.2, 0.25) is 0 Å². The Labute approximate surface area is 129 Å². The van der Waals surface area contributed by atoms with Crippen molar-refractivity contribution < 1.29 is 4.21 Å². The summed E-state index contributed by atoms with van der Waals surface area (Å²) in [6, 6.07) is 3.90. The molecule has 110 valence electrons. The SMILES string of the molecule is CCCCNC(=S)[C@]1(c2cccnc2)CCCC[S@@]1=O. The molecule has 1 N–H and O–H groups in total. The number of nitrogens with one attached hydrogen (secondary N) is 1. The maximum atomic E-state index is 12.7. The molecule has 0 bridgehead atoms. The van der Waals surface area contributed by atoms with Crippen LogP contribution in [0.25, 0.3) is 0 Å². The highest BCUT2D eigenvalue weighted by Gasteiger charge is 2.44. The van der Waals surface area contributed by atoms with Crippen LogP contribution in [0.4, 0.5) is 0 Å². The molecular weight excluding hydrogens is 288 g/mol. The Hall–Kier alpha value is -0.810. The maximum absolute atomic E-state index is 12.7. The Morgan fingerprint density at radius 2 is 2.40 bits per heavy atom. The van der Waals surface area contributed by atoms with Gasteiger partial charge in [-0.2, -0.15) is 0 Å². The first kappa shape index (κ1) is 15.6. The maximum Gasteiger partial charge on any atom is 0.122 e. The zero-order valence-corrected chi connectivity index (χ0v) is 13.6. The van der Waals surface area contributed by atoms with Gasteiger partial charge >= 0.3 is 0 Å². The van der Waals surface area contributed by atoms with Crippen molar-refractivity contribution in [3.05, 3.63) is 30.1 Å². The van der Waals surface area contributed by atoms with E-state index in [2.05, 4.69) is 17.2 Å². The van der Waals surface area contributed by atoms with Crippen LogP contribution in [-0.2, 0) is 15.5 Å². The van der Waals surface area contributed by atoms with Crippen molar-refractivity contribution in [1.82, 2.24) is 10.3 Å². The molecule has 0 amide bonds. The average molecular weight is 310 g/mol. The van der Waals surface area contributed by atoms with Crippen molar-refractivity contribution in [3.63, 3.8) is 0 Å². The minimum Gasteiger partial charge on any atom is -0.378 e. The highest BCUT2D eigenvalue weighted by atomic mass is 32.2. The van der Waals surface area contributed by atoms with Gasteiger partial charge in [0.15, 0.2) is 0 Å². The van der Waals surface area contributed by atoms with Crippen LogP contribution in [0.1, 0.15) is 44.6 Å². The third-order valence-corrected chi connectivity index (χ3v) is 6.51. The van der Waals surface area contributed by atoms with E-state index in [1.54, 1.807) is 6.20 Å². The van der Waals surface area contributed by atoms with E-state index in [-0.39, 0.29) is 0 Å². The van der Waals surface area contributed by atoms with Gasteiger partial charge in [0.05, 0.1) is 4.99 Å². The molecule has 0 unspecified atom stereocenters. The largest absolute Gasteiger partial charge is 0.378 e. The van der Waals surface area contributed by atoms with Crippen molar-refractivity contribution in [1.29, 1.82) is 0 Å². The number of aromatic nitrogens is 1. The summed E-state index contributed by atoms with van der Waals surface area (Å²) < 4.78 is 12.2. The normalized spacial score (nSPS) is 26.1. The standard InChI is InChI=1S/C15H22N2OS2/c1-2-3-10-17-14(19)15(8-4-5-11-20(15)18)13-7-6-9-16-12-13/h6-7,9,12H,2-5,8,10-11H2,1H3,(H,17,19)/t15-,20+/m1/s1. The van der Waals surface area contributed by atoms with E-state index in [0.717, 1.165) is 55.0 Å². The van der Waals surface area contributed by atoms with Crippen molar-refractivity contribution in [2.75, 3.05) is 12.3 Å². The third kappa shape index (κ3) is 3.09. The lowest BCUT2D eigenvalue weighted by Gasteiger charge is -2.37. The molecule has 0 saturated carbocycles. The summed E-state index contributed by atoms with van der Waals surface area (Å²) in [5, 5.41) is 3.33. The van der Waals surface area contributed by atoms with E-state index in [0.29, 0.717) is 0 Å².